The van der Waals surface area contributed by atoms with Crippen molar-refractivity contribution in [1.82, 2.24) is 15.0 Å². The average Bonchev–Trinajstić information content (AvgIpc) is 2.85. The van der Waals surface area contributed by atoms with Crippen molar-refractivity contribution in [2.75, 3.05) is 33.0 Å². The van der Waals surface area contributed by atoms with Crippen LogP contribution in [0.25, 0.3) is 11.3 Å². The molecule has 2 aromatic heterocycles. The van der Waals surface area contributed by atoms with E-state index in [1.54, 1.807) is 12.4 Å². The van der Waals surface area contributed by atoms with Gasteiger partial charge >= 0.3 is 0 Å². The van der Waals surface area contributed by atoms with Gasteiger partial charge in [-0.05, 0) is 57.1 Å². The maximum atomic E-state index is 5.71. The Morgan fingerprint density at radius 2 is 1.30 bits per heavy atom. The van der Waals surface area contributed by atoms with E-state index >= 15 is 0 Å². The van der Waals surface area contributed by atoms with Crippen LogP contribution in [-0.4, -0.2) is 48.0 Å². The molecular weight excluding hydrogens is 414 g/mol. The zero-order chi connectivity index (χ0) is 23.4. The van der Waals surface area contributed by atoms with E-state index in [0.717, 1.165) is 81.9 Å². The highest BCUT2D eigenvalue weighted by molar-refractivity contribution is 5.56. The van der Waals surface area contributed by atoms with E-state index in [0.29, 0.717) is 12.5 Å². The van der Waals surface area contributed by atoms with E-state index in [9.17, 15) is 0 Å². The lowest BCUT2D eigenvalue weighted by molar-refractivity contribution is 0.123. The fraction of sp³-hybridized carbons (Fsp3) is 0.667. The normalized spacial score (nSPS) is 11.1. The Labute approximate surface area is 200 Å². The maximum Gasteiger partial charge on any atom is 0.232 e. The Hall–Kier alpha value is -2.05. The second-order valence-corrected chi connectivity index (χ2v) is 8.43. The van der Waals surface area contributed by atoms with Crippen LogP contribution in [0.4, 0.5) is 0 Å². The maximum absolute atomic E-state index is 5.71. The molecule has 184 valence electrons. The van der Waals surface area contributed by atoms with Crippen LogP contribution in [0, 0.1) is 0 Å². The van der Waals surface area contributed by atoms with Crippen LogP contribution in [0.15, 0.2) is 30.7 Å². The molecule has 0 unspecified atom stereocenters. The van der Waals surface area contributed by atoms with Gasteiger partial charge in [-0.25, -0.2) is 9.97 Å². The lowest BCUT2D eigenvalue weighted by Crippen LogP contribution is -2.03. The standard InChI is InChI=1S/C27H43N3O3/c1-3-5-7-9-17-32-18-10-8-13-25-15-14-24(21-28-25)26-22-30-27(23-29-26)33-20-12-11-19-31-16-6-4-2/h14-15,21-23H,3-13,16-20H2,1-2H3. The lowest BCUT2D eigenvalue weighted by atomic mass is 10.1. The third-order valence-electron chi connectivity index (χ3n) is 5.44. The van der Waals surface area contributed by atoms with Crippen LogP contribution >= 0.6 is 0 Å². The van der Waals surface area contributed by atoms with Gasteiger partial charge in [0.25, 0.3) is 0 Å². The van der Waals surface area contributed by atoms with Crippen molar-refractivity contribution in [2.24, 2.45) is 0 Å². The summed E-state index contributed by atoms with van der Waals surface area (Å²) in [4.78, 5) is 13.5. The molecule has 0 spiro atoms. The highest BCUT2D eigenvalue weighted by Gasteiger charge is 2.04. The molecule has 0 amide bonds. The van der Waals surface area contributed by atoms with Crippen molar-refractivity contribution in [2.45, 2.75) is 84.5 Å². The zero-order valence-electron chi connectivity index (χ0n) is 20.8. The predicted molar refractivity (Wildman–Crippen MR) is 134 cm³/mol. The van der Waals surface area contributed by atoms with Crippen LogP contribution in [0.5, 0.6) is 5.88 Å². The molecule has 0 fully saturated rings. The number of ether oxygens (including phenoxy) is 3. The second kappa shape index (κ2) is 18.4. The first-order chi connectivity index (χ1) is 16.3. The summed E-state index contributed by atoms with van der Waals surface area (Å²) in [7, 11) is 0. The van der Waals surface area contributed by atoms with Crippen molar-refractivity contribution in [1.29, 1.82) is 0 Å². The fourth-order valence-corrected chi connectivity index (χ4v) is 3.34. The zero-order valence-corrected chi connectivity index (χ0v) is 20.8. The number of nitrogens with zero attached hydrogens (tertiary/aromatic N) is 3. The van der Waals surface area contributed by atoms with Gasteiger partial charge in [0.2, 0.25) is 5.88 Å². The summed E-state index contributed by atoms with van der Waals surface area (Å²) < 4.78 is 16.9. The summed E-state index contributed by atoms with van der Waals surface area (Å²) in [6, 6.07) is 4.14. The van der Waals surface area contributed by atoms with Crippen LogP contribution < -0.4 is 4.74 Å². The van der Waals surface area contributed by atoms with E-state index in [-0.39, 0.29) is 0 Å². The molecule has 0 aromatic carbocycles. The number of pyridine rings is 1. The van der Waals surface area contributed by atoms with Crippen molar-refractivity contribution < 1.29 is 14.2 Å². The molecule has 0 atom stereocenters. The van der Waals surface area contributed by atoms with Crippen molar-refractivity contribution in [3.8, 4) is 17.1 Å². The molecule has 0 bridgehead atoms. The fourth-order valence-electron chi connectivity index (χ4n) is 3.34. The molecule has 6 nitrogen and oxygen atoms in total. The number of aryl methyl sites for hydroxylation is 1. The molecule has 0 saturated carbocycles. The Kier molecular flexibility index (Phi) is 15.2. The molecule has 0 N–H and O–H groups in total. The van der Waals surface area contributed by atoms with Crippen LogP contribution in [-0.2, 0) is 15.9 Å². The number of rotatable bonds is 20. The van der Waals surface area contributed by atoms with Gasteiger partial charge in [-0.2, -0.15) is 0 Å². The van der Waals surface area contributed by atoms with Crippen LogP contribution in [0.2, 0.25) is 0 Å². The van der Waals surface area contributed by atoms with Gasteiger partial charge in [0.1, 0.15) is 0 Å². The minimum absolute atomic E-state index is 0.558. The van der Waals surface area contributed by atoms with Crippen molar-refractivity contribution in [3.63, 3.8) is 0 Å². The first kappa shape index (κ1) is 27.2. The Balaban J connectivity index is 1.59. The third-order valence-corrected chi connectivity index (χ3v) is 5.44. The molecule has 0 aliphatic heterocycles. The molecule has 0 aliphatic rings. The number of aromatic nitrogens is 3. The summed E-state index contributed by atoms with van der Waals surface area (Å²) in [5.41, 5.74) is 2.88. The lowest BCUT2D eigenvalue weighted by Gasteiger charge is -2.07. The van der Waals surface area contributed by atoms with Crippen LogP contribution in [0.3, 0.4) is 0 Å². The van der Waals surface area contributed by atoms with Gasteiger partial charge in [0, 0.05) is 43.9 Å². The summed E-state index contributed by atoms with van der Waals surface area (Å²) in [6.45, 7) is 8.43. The smallest absolute Gasteiger partial charge is 0.232 e. The Bertz CT molecular complexity index is 708. The first-order valence-electron chi connectivity index (χ1n) is 12.9. The van der Waals surface area contributed by atoms with Crippen molar-refractivity contribution >= 4 is 0 Å². The molecule has 0 radical (unpaired) electrons. The van der Waals surface area contributed by atoms with E-state index < -0.39 is 0 Å². The topological polar surface area (TPSA) is 66.4 Å². The van der Waals surface area contributed by atoms with Gasteiger partial charge in [0.15, 0.2) is 0 Å². The second-order valence-electron chi connectivity index (χ2n) is 8.43. The highest BCUT2D eigenvalue weighted by atomic mass is 16.5. The molecular formula is C27H43N3O3. The quantitative estimate of drug-likeness (QED) is 0.213. The molecule has 2 rings (SSSR count). The van der Waals surface area contributed by atoms with E-state index in [1.807, 2.05) is 6.20 Å². The third kappa shape index (κ3) is 12.7. The predicted octanol–water partition coefficient (Wildman–Crippen LogP) is 6.43. The minimum Gasteiger partial charge on any atom is -0.477 e. The number of hydrogen-bond donors (Lipinski definition) is 0. The Morgan fingerprint density at radius 1 is 0.606 bits per heavy atom. The SMILES string of the molecule is CCCCCCOCCCCc1ccc(-c2cnc(OCCCCOCCCC)cn2)cn1. The van der Waals surface area contributed by atoms with Gasteiger partial charge < -0.3 is 14.2 Å². The number of unbranched alkanes of at least 4 members (excludes halogenated alkanes) is 6. The summed E-state index contributed by atoms with van der Waals surface area (Å²) in [5.74, 6) is 0.558. The van der Waals surface area contributed by atoms with E-state index in [4.69, 9.17) is 14.2 Å². The minimum atomic E-state index is 0.558. The van der Waals surface area contributed by atoms with Crippen molar-refractivity contribution in [3.05, 3.63) is 36.4 Å². The molecule has 2 aromatic rings. The first-order valence-corrected chi connectivity index (χ1v) is 12.9. The molecule has 33 heavy (non-hydrogen) atoms. The average molecular weight is 458 g/mol. The van der Waals surface area contributed by atoms with E-state index in [1.165, 1.54) is 32.1 Å². The molecule has 0 aliphatic carbocycles. The summed E-state index contributed by atoms with van der Waals surface area (Å²) >= 11 is 0. The highest BCUT2D eigenvalue weighted by Crippen LogP contribution is 2.17. The van der Waals surface area contributed by atoms with E-state index in [2.05, 4.69) is 40.9 Å². The van der Waals surface area contributed by atoms with Crippen LogP contribution in [0.1, 0.15) is 83.7 Å². The largest absolute Gasteiger partial charge is 0.477 e. The molecule has 2 heterocycles. The monoisotopic (exact) mass is 457 g/mol. The van der Waals surface area contributed by atoms with Gasteiger partial charge in [-0.3, -0.25) is 4.98 Å². The molecule has 0 saturated heterocycles. The summed E-state index contributed by atoms with van der Waals surface area (Å²) in [5, 5.41) is 0. The number of hydrogen-bond acceptors (Lipinski definition) is 6. The van der Waals surface area contributed by atoms with Gasteiger partial charge in [-0.15, -0.1) is 0 Å². The molecule has 6 heteroatoms. The van der Waals surface area contributed by atoms with Gasteiger partial charge in [-0.1, -0.05) is 39.5 Å². The summed E-state index contributed by atoms with van der Waals surface area (Å²) in [6.07, 6.45) is 17.8. The Morgan fingerprint density at radius 3 is 1.97 bits per heavy atom. The van der Waals surface area contributed by atoms with Gasteiger partial charge in [0.05, 0.1) is 24.7 Å².